The molecule has 0 saturated carbocycles. The van der Waals surface area contributed by atoms with Crippen molar-refractivity contribution in [2.24, 2.45) is 0 Å². The monoisotopic (exact) mass is 359 g/mol. The van der Waals surface area contributed by atoms with E-state index in [1.54, 1.807) is 4.90 Å². The van der Waals surface area contributed by atoms with E-state index in [1.165, 1.54) is 0 Å². The van der Waals surface area contributed by atoms with Crippen molar-refractivity contribution in [3.8, 4) is 0 Å². The molecule has 4 rings (SSSR count). The average molecular weight is 359 g/mol. The summed E-state index contributed by atoms with van der Waals surface area (Å²) in [5, 5.41) is 2.12. The van der Waals surface area contributed by atoms with E-state index in [0.29, 0.717) is 0 Å². The highest BCUT2D eigenvalue weighted by atomic mass is 16.5. The van der Waals surface area contributed by atoms with Gasteiger partial charge in [-0.1, -0.05) is 60.7 Å². The average Bonchev–Trinajstić information content (AvgIpc) is 3.02. The van der Waals surface area contributed by atoms with Crippen LogP contribution < -0.4 is 4.90 Å². The van der Waals surface area contributed by atoms with Gasteiger partial charge < -0.3 is 9.64 Å². The second-order valence-corrected chi connectivity index (χ2v) is 6.92. The van der Waals surface area contributed by atoms with Crippen LogP contribution in [0, 0.1) is 0 Å². The molecular formula is C23H21NO3. The number of para-hydroxylation sites is 1. The molecule has 4 nitrogen and oxygen atoms in total. The van der Waals surface area contributed by atoms with Gasteiger partial charge in [0.25, 0.3) is 5.91 Å². The van der Waals surface area contributed by atoms with Gasteiger partial charge in [0.2, 0.25) is 0 Å². The summed E-state index contributed by atoms with van der Waals surface area (Å²) in [7, 11) is 0. The van der Waals surface area contributed by atoms with Crippen LogP contribution in [0.3, 0.4) is 0 Å². The fourth-order valence-corrected chi connectivity index (χ4v) is 3.81. The molecule has 1 aliphatic rings. The fourth-order valence-electron chi connectivity index (χ4n) is 3.81. The van der Waals surface area contributed by atoms with E-state index in [0.717, 1.165) is 34.0 Å². The zero-order chi connectivity index (χ0) is 18.8. The summed E-state index contributed by atoms with van der Waals surface area (Å²) < 4.78 is 5.30. The molecule has 0 spiro atoms. The minimum atomic E-state index is -0.389. The number of esters is 1. The van der Waals surface area contributed by atoms with Crippen LogP contribution in [0.5, 0.6) is 0 Å². The number of fused-ring (bicyclic) bond motifs is 2. The van der Waals surface area contributed by atoms with Crippen molar-refractivity contribution in [1.29, 1.82) is 0 Å². The summed E-state index contributed by atoms with van der Waals surface area (Å²) in [6.07, 6.45) is 0.979. The number of rotatable bonds is 4. The Morgan fingerprint density at radius 1 is 1.00 bits per heavy atom. The SMILES string of the molecule is C[C@@H]1Cc2ccccc2N1C(=O)COC(=O)Cc1cccc2ccccc12. The Bertz CT molecular complexity index is 1010. The van der Waals surface area contributed by atoms with Gasteiger partial charge in [0.05, 0.1) is 6.42 Å². The van der Waals surface area contributed by atoms with Crippen molar-refractivity contribution in [2.75, 3.05) is 11.5 Å². The molecule has 3 aromatic carbocycles. The highest BCUT2D eigenvalue weighted by Gasteiger charge is 2.30. The van der Waals surface area contributed by atoms with Crippen LogP contribution in [0.1, 0.15) is 18.1 Å². The topological polar surface area (TPSA) is 46.6 Å². The Labute approximate surface area is 158 Å². The van der Waals surface area contributed by atoms with Gasteiger partial charge in [-0.05, 0) is 41.3 Å². The van der Waals surface area contributed by atoms with Gasteiger partial charge in [-0.15, -0.1) is 0 Å². The number of amides is 1. The molecule has 0 unspecified atom stereocenters. The second-order valence-electron chi connectivity index (χ2n) is 6.92. The van der Waals surface area contributed by atoms with Crippen molar-refractivity contribution in [2.45, 2.75) is 25.8 Å². The molecule has 3 aromatic rings. The van der Waals surface area contributed by atoms with E-state index < -0.39 is 0 Å². The Morgan fingerprint density at radius 3 is 2.63 bits per heavy atom. The number of hydrogen-bond acceptors (Lipinski definition) is 3. The number of anilines is 1. The largest absolute Gasteiger partial charge is 0.455 e. The molecule has 1 heterocycles. The lowest BCUT2D eigenvalue weighted by Crippen LogP contribution is -2.38. The van der Waals surface area contributed by atoms with Gasteiger partial charge in [-0.25, -0.2) is 0 Å². The van der Waals surface area contributed by atoms with E-state index >= 15 is 0 Å². The number of hydrogen-bond donors (Lipinski definition) is 0. The zero-order valence-corrected chi connectivity index (χ0v) is 15.2. The van der Waals surface area contributed by atoms with E-state index in [4.69, 9.17) is 4.74 Å². The lowest BCUT2D eigenvalue weighted by Gasteiger charge is -2.22. The minimum absolute atomic E-state index is 0.0756. The van der Waals surface area contributed by atoms with Gasteiger partial charge in [0, 0.05) is 11.7 Å². The van der Waals surface area contributed by atoms with Gasteiger partial charge in [-0.2, -0.15) is 0 Å². The predicted octanol–water partition coefficient (Wildman–Crippen LogP) is 3.90. The van der Waals surface area contributed by atoms with E-state index in [2.05, 4.69) is 0 Å². The number of ether oxygens (including phenoxy) is 1. The summed E-state index contributed by atoms with van der Waals surface area (Å²) in [4.78, 5) is 26.7. The molecule has 0 bridgehead atoms. The third-order valence-electron chi connectivity index (χ3n) is 5.05. The smallest absolute Gasteiger partial charge is 0.310 e. The van der Waals surface area contributed by atoms with Crippen LogP contribution in [0.2, 0.25) is 0 Å². The summed E-state index contributed by atoms with van der Waals surface area (Å²) in [5.74, 6) is -0.571. The molecule has 1 aliphatic heterocycles. The Kier molecular flexibility index (Phi) is 4.63. The van der Waals surface area contributed by atoms with Crippen LogP contribution in [0.25, 0.3) is 10.8 Å². The molecule has 136 valence electrons. The van der Waals surface area contributed by atoms with Crippen LogP contribution in [0.15, 0.2) is 66.7 Å². The van der Waals surface area contributed by atoms with Crippen LogP contribution in [0.4, 0.5) is 5.69 Å². The molecule has 1 amide bonds. The lowest BCUT2D eigenvalue weighted by molar-refractivity contribution is -0.147. The molecular weight excluding hydrogens is 338 g/mol. The normalized spacial score (nSPS) is 15.6. The first-order chi connectivity index (χ1) is 13.1. The second kappa shape index (κ2) is 7.23. The van der Waals surface area contributed by atoms with Crippen molar-refractivity contribution < 1.29 is 14.3 Å². The maximum Gasteiger partial charge on any atom is 0.310 e. The highest BCUT2D eigenvalue weighted by Crippen LogP contribution is 2.31. The Hall–Kier alpha value is -3.14. The third kappa shape index (κ3) is 3.43. The van der Waals surface area contributed by atoms with Crippen molar-refractivity contribution in [3.63, 3.8) is 0 Å². The number of carbonyl (C=O) groups is 2. The van der Waals surface area contributed by atoms with Gasteiger partial charge >= 0.3 is 5.97 Å². The third-order valence-corrected chi connectivity index (χ3v) is 5.05. The first-order valence-corrected chi connectivity index (χ1v) is 9.15. The molecule has 0 saturated heterocycles. The summed E-state index contributed by atoms with van der Waals surface area (Å²) >= 11 is 0. The molecule has 27 heavy (non-hydrogen) atoms. The van der Waals surface area contributed by atoms with E-state index in [9.17, 15) is 9.59 Å². The molecule has 0 aliphatic carbocycles. The molecule has 0 radical (unpaired) electrons. The minimum Gasteiger partial charge on any atom is -0.455 e. The first-order valence-electron chi connectivity index (χ1n) is 9.15. The molecule has 0 N–H and O–H groups in total. The van der Waals surface area contributed by atoms with Gasteiger partial charge in [0.15, 0.2) is 6.61 Å². The van der Waals surface area contributed by atoms with Crippen LogP contribution in [-0.4, -0.2) is 24.5 Å². The van der Waals surface area contributed by atoms with Crippen molar-refractivity contribution >= 4 is 28.3 Å². The van der Waals surface area contributed by atoms with Gasteiger partial charge in [0.1, 0.15) is 0 Å². The lowest BCUT2D eigenvalue weighted by atomic mass is 10.0. The van der Waals surface area contributed by atoms with E-state index in [-0.39, 0.29) is 30.9 Å². The van der Waals surface area contributed by atoms with Gasteiger partial charge in [-0.3, -0.25) is 9.59 Å². The first kappa shape index (κ1) is 17.3. The Morgan fingerprint density at radius 2 is 1.74 bits per heavy atom. The zero-order valence-electron chi connectivity index (χ0n) is 15.2. The molecule has 4 heteroatoms. The number of nitrogens with zero attached hydrogens (tertiary/aromatic N) is 1. The predicted molar refractivity (Wildman–Crippen MR) is 106 cm³/mol. The van der Waals surface area contributed by atoms with Crippen LogP contribution in [-0.2, 0) is 27.2 Å². The fraction of sp³-hybridized carbons (Fsp3) is 0.217. The summed E-state index contributed by atoms with van der Waals surface area (Å²) in [5.41, 5.74) is 2.98. The maximum absolute atomic E-state index is 12.6. The molecule has 0 fully saturated rings. The van der Waals surface area contributed by atoms with E-state index in [1.807, 2.05) is 73.7 Å². The Balaban J connectivity index is 1.41. The summed E-state index contributed by atoms with van der Waals surface area (Å²) in [6, 6.07) is 21.7. The molecule has 1 atom stereocenters. The van der Waals surface area contributed by atoms with Crippen molar-refractivity contribution in [3.05, 3.63) is 77.9 Å². The summed E-state index contributed by atoms with van der Waals surface area (Å²) in [6.45, 7) is 1.78. The quantitative estimate of drug-likeness (QED) is 0.664. The number of carbonyl (C=O) groups excluding carboxylic acids is 2. The standard InChI is InChI=1S/C23H21NO3/c1-16-13-19-8-3-5-12-21(19)24(16)22(25)15-27-23(26)14-18-10-6-9-17-7-2-4-11-20(17)18/h2-12,16H,13-15H2,1H3/t16-/m1/s1. The maximum atomic E-state index is 12.6. The number of benzene rings is 3. The molecule has 0 aromatic heterocycles. The highest BCUT2D eigenvalue weighted by molar-refractivity contribution is 5.98. The van der Waals surface area contributed by atoms with Crippen molar-refractivity contribution in [1.82, 2.24) is 0 Å². The van der Waals surface area contributed by atoms with Crippen LogP contribution >= 0.6 is 0 Å².